The first-order valence-electron chi connectivity index (χ1n) is 10.5. The summed E-state index contributed by atoms with van der Waals surface area (Å²) in [7, 11) is 1.67. The lowest BCUT2D eigenvalue weighted by molar-refractivity contribution is -0.712. The van der Waals surface area contributed by atoms with Crippen molar-refractivity contribution in [1.82, 2.24) is 9.97 Å². The van der Waals surface area contributed by atoms with E-state index in [2.05, 4.69) is 22.1 Å². The lowest BCUT2D eigenvalue weighted by Crippen LogP contribution is -2.94. The van der Waals surface area contributed by atoms with Crippen LogP contribution in [0.5, 0.6) is 5.75 Å². The SMILES string of the molecule is COc1ccc(C2[NH2+]C(C(=O)O)Cc3c2[nH]c2ccccc32)cc1CSc1ccccn1. The predicted molar refractivity (Wildman–Crippen MR) is 124 cm³/mol. The molecule has 162 valence electrons. The zero-order valence-corrected chi connectivity index (χ0v) is 18.4. The number of methoxy groups -OCH3 is 1. The summed E-state index contributed by atoms with van der Waals surface area (Å²) in [6.45, 7) is 0. The van der Waals surface area contributed by atoms with Crippen molar-refractivity contribution in [3.8, 4) is 5.75 Å². The van der Waals surface area contributed by atoms with Crippen LogP contribution in [-0.2, 0) is 17.0 Å². The number of nitrogens with zero attached hydrogens (tertiary/aromatic N) is 1. The highest BCUT2D eigenvalue weighted by atomic mass is 32.2. The van der Waals surface area contributed by atoms with Gasteiger partial charge in [-0.1, -0.05) is 24.3 Å². The van der Waals surface area contributed by atoms with Crippen molar-refractivity contribution in [3.05, 3.63) is 89.2 Å². The van der Waals surface area contributed by atoms with Gasteiger partial charge in [-0.2, -0.15) is 0 Å². The number of benzene rings is 2. The molecule has 1 aliphatic rings. The summed E-state index contributed by atoms with van der Waals surface area (Å²) >= 11 is 1.65. The summed E-state index contributed by atoms with van der Waals surface area (Å²) in [5, 5.41) is 13.8. The van der Waals surface area contributed by atoms with Gasteiger partial charge in [0.1, 0.15) is 5.75 Å². The first-order valence-corrected chi connectivity index (χ1v) is 11.5. The quantitative estimate of drug-likeness (QED) is 0.394. The molecule has 0 radical (unpaired) electrons. The summed E-state index contributed by atoms with van der Waals surface area (Å²) in [6, 6.07) is 19.5. The van der Waals surface area contributed by atoms with E-state index >= 15 is 0 Å². The number of quaternary nitrogens is 1. The summed E-state index contributed by atoms with van der Waals surface area (Å²) in [5.41, 5.74) is 5.34. The maximum absolute atomic E-state index is 12.0. The van der Waals surface area contributed by atoms with Crippen LogP contribution >= 0.6 is 11.8 Å². The van der Waals surface area contributed by atoms with E-state index in [1.54, 1.807) is 25.1 Å². The molecule has 4 aromatic rings. The van der Waals surface area contributed by atoms with E-state index in [1.807, 2.05) is 53.8 Å². The van der Waals surface area contributed by atoms with Gasteiger partial charge in [-0.25, -0.2) is 9.78 Å². The highest BCUT2D eigenvalue weighted by molar-refractivity contribution is 7.98. The Morgan fingerprint density at radius 2 is 2.06 bits per heavy atom. The maximum atomic E-state index is 12.0. The molecule has 3 heterocycles. The lowest BCUT2D eigenvalue weighted by atomic mass is 9.90. The molecular formula is C25H24N3O3S+. The highest BCUT2D eigenvalue weighted by Crippen LogP contribution is 2.35. The monoisotopic (exact) mass is 446 g/mol. The molecule has 4 N–H and O–H groups in total. The Balaban J connectivity index is 1.54. The molecule has 0 amide bonds. The number of nitrogens with one attached hydrogen (secondary N) is 1. The highest BCUT2D eigenvalue weighted by Gasteiger charge is 2.37. The van der Waals surface area contributed by atoms with Crippen molar-refractivity contribution in [2.75, 3.05) is 7.11 Å². The number of para-hydroxylation sites is 1. The fourth-order valence-electron chi connectivity index (χ4n) is 4.46. The van der Waals surface area contributed by atoms with Gasteiger partial charge in [-0.3, -0.25) is 0 Å². The minimum absolute atomic E-state index is 0.128. The molecule has 2 unspecified atom stereocenters. The Morgan fingerprint density at radius 1 is 1.22 bits per heavy atom. The largest absolute Gasteiger partial charge is 0.496 e. The third-order valence-corrected chi connectivity index (χ3v) is 6.99. The number of hydrogen-bond acceptors (Lipinski definition) is 4. The van der Waals surface area contributed by atoms with Crippen LogP contribution in [0.4, 0.5) is 0 Å². The van der Waals surface area contributed by atoms with Gasteiger partial charge in [0.25, 0.3) is 0 Å². The number of H-pyrrole nitrogens is 1. The predicted octanol–water partition coefficient (Wildman–Crippen LogP) is 3.53. The number of thioether (sulfide) groups is 1. The van der Waals surface area contributed by atoms with Crippen molar-refractivity contribution in [2.24, 2.45) is 0 Å². The molecule has 0 spiro atoms. The average Bonchev–Trinajstić information content (AvgIpc) is 3.21. The van der Waals surface area contributed by atoms with Gasteiger partial charge in [0.05, 0.1) is 17.8 Å². The molecule has 2 atom stereocenters. The van der Waals surface area contributed by atoms with Crippen molar-refractivity contribution in [1.29, 1.82) is 0 Å². The number of ether oxygens (including phenoxy) is 1. The molecule has 0 fully saturated rings. The number of carbonyl (C=O) groups is 1. The van der Waals surface area contributed by atoms with Crippen molar-refractivity contribution in [3.63, 3.8) is 0 Å². The number of pyridine rings is 1. The number of hydrogen-bond donors (Lipinski definition) is 3. The summed E-state index contributed by atoms with van der Waals surface area (Å²) in [6.07, 6.45) is 2.29. The van der Waals surface area contributed by atoms with E-state index in [0.29, 0.717) is 12.2 Å². The van der Waals surface area contributed by atoms with Crippen LogP contribution < -0.4 is 10.1 Å². The topological polar surface area (TPSA) is 91.8 Å². The fourth-order valence-corrected chi connectivity index (χ4v) is 5.30. The van der Waals surface area contributed by atoms with Gasteiger partial charge in [0, 0.05) is 40.4 Å². The number of fused-ring (bicyclic) bond motifs is 3. The van der Waals surface area contributed by atoms with Gasteiger partial charge < -0.3 is 20.1 Å². The molecule has 0 saturated heterocycles. The Labute approximate surface area is 190 Å². The number of carboxylic acid groups (broad SMARTS) is 1. The van der Waals surface area contributed by atoms with E-state index in [4.69, 9.17) is 4.74 Å². The van der Waals surface area contributed by atoms with Gasteiger partial charge in [0.2, 0.25) is 0 Å². The smallest absolute Gasteiger partial charge is 0.362 e. The van der Waals surface area contributed by atoms with Crippen molar-refractivity contribution >= 4 is 28.6 Å². The zero-order valence-electron chi connectivity index (χ0n) is 17.6. The number of aliphatic carboxylic acids is 1. The van der Waals surface area contributed by atoms with Crippen LogP contribution in [0, 0.1) is 0 Å². The van der Waals surface area contributed by atoms with Gasteiger partial charge >= 0.3 is 5.97 Å². The van der Waals surface area contributed by atoms with Gasteiger partial charge in [-0.15, -0.1) is 11.8 Å². The Morgan fingerprint density at radius 3 is 2.84 bits per heavy atom. The van der Waals surface area contributed by atoms with E-state index in [0.717, 1.165) is 44.1 Å². The molecule has 2 aromatic carbocycles. The minimum atomic E-state index is -0.787. The number of nitrogens with two attached hydrogens (primary N) is 1. The van der Waals surface area contributed by atoms with E-state index in [-0.39, 0.29) is 6.04 Å². The normalized spacial score (nSPS) is 17.8. The summed E-state index contributed by atoms with van der Waals surface area (Å²) in [5.74, 6) is 0.743. The molecular weight excluding hydrogens is 422 g/mol. The Bertz CT molecular complexity index is 1270. The Hall–Kier alpha value is -3.29. The third-order valence-electron chi connectivity index (χ3n) is 6.00. The number of aromatic amines is 1. The number of aromatic nitrogens is 2. The molecule has 1 aliphatic heterocycles. The zero-order chi connectivity index (χ0) is 22.1. The molecule has 2 aromatic heterocycles. The molecule has 5 rings (SSSR count). The van der Waals surface area contributed by atoms with Gasteiger partial charge in [0.15, 0.2) is 12.1 Å². The van der Waals surface area contributed by atoms with E-state index in [1.165, 1.54) is 0 Å². The van der Waals surface area contributed by atoms with E-state index < -0.39 is 12.0 Å². The molecule has 32 heavy (non-hydrogen) atoms. The molecule has 0 aliphatic carbocycles. The fraction of sp³-hybridized carbons (Fsp3) is 0.200. The second-order valence-electron chi connectivity index (χ2n) is 7.91. The average molecular weight is 447 g/mol. The third kappa shape index (κ3) is 3.85. The van der Waals surface area contributed by atoms with Crippen LogP contribution in [-0.4, -0.2) is 34.2 Å². The van der Waals surface area contributed by atoms with Crippen LogP contribution in [0.1, 0.15) is 28.4 Å². The molecule has 6 nitrogen and oxygen atoms in total. The summed E-state index contributed by atoms with van der Waals surface area (Å²) in [4.78, 5) is 19.9. The first-order chi connectivity index (χ1) is 15.6. The first kappa shape index (κ1) is 20.6. The maximum Gasteiger partial charge on any atom is 0.362 e. The van der Waals surface area contributed by atoms with Crippen LogP contribution in [0.2, 0.25) is 0 Å². The standard InChI is InChI=1S/C25H23N3O3S/c1-31-21-10-9-15(12-16(21)14-32-22-8-4-5-11-26-22)23-24-18(13-20(28-23)25(29)30)17-6-2-3-7-19(17)27-24/h2-12,20,23,27-28H,13-14H2,1H3,(H,29,30)/p+1. The van der Waals surface area contributed by atoms with Crippen molar-refractivity contribution < 1.29 is 20.0 Å². The number of carboxylic acids is 1. The number of rotatable bonds is 6. The molecule has 0 bridgehead atoms. The Kier molecular flexibility index (Phi) is 5.59. The van der Waals surface area contributed by atoms with Crippen LogP contribution in [0.3, 0.4) is 0 Å². The lowest BCUT2D eigenvalue weighted by Gasteiger charge is -2.26. The second-order valence-corrected chi connectivity index (χ2v) is 8.91. The van der Waals surface area contributed by atoms with Crippen LogP contribution in [0.15, 0.2) is 71.9 Å². The summed E-state index contributed by atoms with van der Waals surface area (Å²) < 4.78 is 5.61. The van der Waals surface area contributed by atoms with Gasteiger partial charge in [-0.05, 0) is 42.0 Å². The minimum Gasteiger partial charge on any atom is -0.496 e. The second kappa shape index (κ2) is 8.68. The molecule has 0 saturated carbocycles. The van der Waals surface area contributed by atoms with Crippen LogP contribution in [0.25, 0.3) is 10.9 Å². The molecule has 7 heteroatoms. The van der Waals surface area contributed by atoms with E-state index in [9.17, 15) is 9.90 Å². The van der Waals surface area contributed by atoms with Crippen molar-refractivity contribution in [2.45, 2.75) is 29.3 Å².